The molecule has 0 fully saturated rings. The number of hydrogen-bond acceptors (Lipinski definition) is 2. The molecule has 0 radical (unpaired) electrons. The number of hydrogen-bond donors (Lipinski definition) is 0. The average molecular weight is 906 g/mol. The van der Waals surface area contributed by atoms with Gasteiger partial charge in [-0.3, -0.25) is 0 Å². The molecule has 0 N–H and O–H groups in total. The summed E-state index contributed by atoms with van der Waals surface area (Å²) in [5, 5.41) is 2.63. The van der Waals surface area contributed by atoms with Crippen LogP contribution in [0.2, 0.25) is 0 Å². The smallest absolute Gasteiger partial charge is 0.0726 e. The van der Waals surface area contributed by atoms with Crippen LogP contribution in [-0.4, -0.2) is 0 Å². The fourth-order valence-electron chi connectivity index (χ4n) is 13.0. The summed E-state index contributed by atoms with van der Waals surface area (Å²) in [6, 6.07) is 97.9. The van der Waals surface area contributed by atoms with Crippen molar-refractivity contribution in [1.29, 1.82) is 0 Å². The predicted octanol–water partition coefficient (Wildman–Crippen LogP) is 17.9. The lowest BCUT2D eigenvalue weighted by Gasteiger charge is -2.34. The molecule has 0 saturated carbocycles. The molecule has 15 rings (SSSR count). The van der Waals surface area contributed by atoms with Crippen LogP contribution in [0.4, 0.5) is 17.1 Å². The zero-order chi connectivity index (χ0) is 46.0. The second-order valence-electron chi connectivity index (χ2n) is 19.0. The van der Waals surface area contributed by atoms with Crippen LogP contribution in [0.25, 0.3) is 64.7 Å². The molecule has 0 saturated heterocycles. The molecule has 1 heterocycles. The molecule has 0 atom stereocenters. The van der Waals surface area contributed by atoms with Gasteiger partial charge >= 0.3 is 0 Å². The van der Waals surface area contributed by atoms with Crippen molar-refractivity contribution in [3.63, 3.8) is 0 Å². The van der Waals surface area contributed by atoms with Crippen molar-refractivity contribution in [2.45, 2.75) is 10.8 Å². The minimum absolute atomic E-state index is 0.463. The topological polar surface area (TPSA) is 3.24 Å². The van der Waals surface area contributed by atoms with E-state index in [9.17, 15) is 0 Å². The molecule has 2 heteroatoms. The maximum atomic E-state index is 2.51. The van der Waals surface area contributed by atoms with Gasteiger partial charge in [-0.15, -0.1) is 11.3 Å². The van der Waals surface area contributed by atoms with Crippen molar-refractivity contribution in [3.8, 4) is 44.5 Å². The summed E-state index contributed by atoms with van der Waals surface area (Å²) < 4.78 is 2.64. The molecule has 3 aliphatic rings. The van der Waals surface area contributed by atoms with E-state index in [0.717, 1.165) is 17.1 Å². The largest absolute Gasteiger partial charge is 0.310 e. The Balaban J connectivity index is 0.968. The third-order valence-electron chi connectivity index (χ3n) is 15.8. The molecule has 0 aliphatic heterocycles. The number of anilines is 3. The van der Waals surface area contributed by atoms with Crippen LogP contribution in [-0.2, 0) is 10.8 Å². The highest BCUT2D eigenvalue weighted by Crippen LogP contribution is 2.64. The van der Waals surface area contributed by atoms with Crippen LogP contribution in [0.15, 0.2) is 261 Å². The van der Waals surface area contributed by atoms with Gasteiger partial charge in [-0.1, -0.05) is 218 Å². The summed E-state index contributed by atoms with van der Waals surface area (Å²) >= 11 is 1.88. The summed E-state index contributed by atoms with van der Waals surface area (Å²) in [6.45, 7) is 0. The Hall–Kier alpha value is -8.56. The molecular formula is C68H43NS. The Bertz CT molecular complexity index is 3970. The molecule has 326 valence electrons. The lowest BCUT2D eigenvalue weighted by Crippen LogP contribution is -2.28. The summed E-state index contributed by atoms with van der Waals surface area (Å²) in [6.07, 6.45) is 0. The number of fused-ring (bicyclic) bond motifs is 16. The molecule has 11 aromatic carbocycles. The van der Waals surface area contributed by atoms with Crippen molar-refractivity contribution < 1.29 is 0 Å². The summed E-state index contributed by atoms with van der Waals surface area (Å²) in [4.78, 5) is 2.50. The maximum absolute atomic E-state index is 2.51. The predicted molar refractivity (Wildman–Crippen MR) is 293 cm³/mol. The first-order chi connectivity index (χ1) is 34.7. The van der Waals surface area contributed by atoms with E-state index >= 15 is 0 Å². The molecule has 0 bridgehead atoms. The standard InChI is InChI=1S/C68H43NS/c1-3-18-45(19-4-1)67(46-20-5-2-6-21-46)59-29-12-10-25-54(59)58-42-48(39-41-63(58)67)69(47-36-34-44(35-37-47)50-27-17-28-57-56-26-11-16-33-65(56)70-66(50)57)49-38-40-55-53-24-9-15-32-62(53)68(64(55)43-49)60-30-13-7-22-51(60)52-23-8-14-31-61(52)68/h1-43H. The number of benzene rings is 11. The van der Waals surface area contributed by atoms with Gasteiger partial charge in [0.05, 0.1) is 10.8 Å². The van der Waals surface area contributed by atoms with Crippen LogP contribution in [0, 0.1) is 0 Å². The monoisotopic (exact) mass is 905 g/mol. The Morgan fingerprint density at radius 1 is 0.271 bits per heavy atom. The fourth-order valence-corrected chi connectivity index (χ4v) is 14.2. The molecule has 0 amide bonds. The summed E-state index contributed by atoms with van der Waals surface area (Å²) in [5.41, 5.74) is 23.1. The molecule has 3 aliphatic carbocycles. The minimum atomic E-state index is -0.484. The number of nitrogens with zero attached hydrogens (tertiary/aromatic N) is 1. The zero-order valence-electron chi connectivity index (χ0n) is 38.2. The quantitative estimate of drug-likeness (QED) is 0.161. The van der Waals surface area contributed by atoms with E-state index in [4.69, 9.17) is 0 Å². The van der Waals surface area contributed by atoms with Crippen molar-refractivity contribution in [2.24, 2.45) is 0 Å². The molecule has 1 spiro atoms. The molecule has 0 unspecified atom stereocenters. The Morgan fingerprint density at radius 3 is 1.34 bits per heavy atom. The maximum Gasteiger partial charge on any atom is 0.0726 e. The Kier molecular flexibility index (Phi) is 8.43. The lowest BCUT2D eigenvalue weighted by atomic mass is 9.68. The van der Waals surface area contributed by atoms with E-state index in [2.05, 4.69) is 266 Å². The van der Waals surface area contributed by atoms with Gasteiger partial charge < -0.3 is 4.90 Å². The van der Waals surface area contributed by atoms with Crippen molar-refractivity contribution in [2.75, 3.05) is 4.90 Å². The van der Waals surface area contributed by atoms with E-state index in [-0.39, 0.29) is 0 Å². The number of rotatable bonds is 6. The van der Waals surface area contributed by atoms with Crippen LogP contribution in [0.1, 0.15) is 44.5 Å². The Morgan fingerprint density at radius 2 is 0.714 bits per heavy atom. The van der Waals surface area contributed by atoms with E-state index in [1.54, 1.807) is 0 Å². The van der Waals surface area contributed by atoms with Crippen LogP contribution in [0.5, 0.6) is 0 Å². The highest BCUT2D eigenvalue weighted by Gasteiger charge is 2.52. The van der Waals surface area contributed by atoms with Gasteiger partial charge in [0.25, 0.3) is 0 Å². The average Bonchev–Trinajstić information content (AvgIpc) is 4.15. The third-order valence-corrected chi connectivity index (χ3v) is 17.0. The van der Waals surface area contributed by atoms with Gasteiger partial charge in [0.1, 0.15) is 0 Å². The first-order valence-corrected chi connectivity index (χ1v) is 25.1. The molecular weight excluding hydrogens is 863 g/mol. The second kappa shape index (κ2) is 15.0. The normalized spacial score (nSPS) is 13.9. The van der Waals surface area contributed by atoms with Gasteiger partial charge in [0.15, 0.2) is 0 Å². The van der Waals surface area contributed by atoms with Crippen molar-refractivity contribution in [3.05, 3.63) is 305 Å². The van der Waals surface area contributed by atoms with Gasteiger partial charge in [-0.05, 0) is 131 Å². The van der Waals surface area contributed by atoms with Crippen molar-refractivity contribution in [1.82, 2.24) is 0 Å². The first kappa shape index (κ1) is 39.4. The number of thiophene rings is 1. The SMILES string of the molecule is c1ccc(C2(c3ccccc3)c3ccccc3-c3cc(N(c4ccc(-c5cccc6c5sc5ccccc56)cc4)c4ccc5c(c4)C4(c6ccccc6-c6ccccc64)c4ccccc4-5)ccc32)cc1. The van der Waals surface area contributed by atoms with Gasteiger partial charge in [0, 0.05) is 37.2 Å². The van der Waals surface area contributed by atoms with E-state index < -0.39 is 10.8 Å². The summed E-state index contributed by atoms with van der Waals surface area (Å²) in [7, 11) is 0. The molecule has 12 aromatic rings. The lowest BCUT2D eigenvalue weighted by molar-refractivity contribution is 0.768. The third kappa shape index (κ3) is 5.26. The summed E-state index contributed by atoms with van der Waals surface area (Å²) in [5.74, 6) is 0. The highest BCUT2D eigenvalue weighted by molar-refractivity contribution is 7.26. The van der Waals surface area contributed by atoms with Gasteiger partial charge in [0.2, 0.25) is 0 Å². The Labute approximate surface area is 411 Å². The first-order valence-electron chi connectivity index (χ1n) is 24.3. The highest BCUT2D eigenvalue weighted by atomic mass is 32.1. The minimum Gasteiger partial charge on any atom is -0.310 e. The zero-order valence-corrected chi connectivity index (χ0v) is 39.0. The van der Waals surface area contributed by atoms with E-state index in [1.807, 2.05) is 11.3 Å². The van der Waals surface area contributed by atoms with E-state index in [0.29, 0.717) is 0 Å². The van der Waals surface area contributed by atoms with E-state index in [1.165, 1.54) is 109 Å². The van der Waals surface area contributed by atoms with Gasteiger partial charge in [-0.2, -0.15) is 0 Å². The molecule has 70 heavy (non-hydrogen) atoms. The van der Waals surface area contributed by atoms with Crippen molar-refractivity contribution >= 4 is 48.6 Å². The van der Waals surface area contributed by atoms with Crippen LogP contribution in [0.3, 0.4) is 0 Å². The fraction of sp³-hybridized carbons (Fsp3) is 0.0294. The molecule has 1 aromatic heterocycles. The van der Waals surface area contributed by atoms with Crippen LogP contribution >= 0.6 is 11.3 Å². The van der Waals surface area contributed by atoms with Gasteiger partial charge in [-0.25, -0.2) is 0 Å². The van der Waals surface area contributed by atoms with Crippen LogP contribution < -0.4 is 4.90 Å². The second-order valence-corrected chi connectivity index (χ2v) is 20.1. The molecule has 1 nitrogen and oxygen atoms in total.